The average molecular weight is 458 g/mol. The van der Waals surface area contributed by atoms with Crippen molar-refractivity contribution in [2.24, 2.45) is 17.6 Å². The van der Waals surface area contributed by atoms with Gasteiger partial charge in [0, 0.05) is 39.3 Å². The third kappa shape index (κ3) is 6.75. The molecule has 1 aliphatic carbocycles. The van der Waals surface area contributed by atoms with Gasteiger partial charge in [0.25, 0.3) is 0 Å². The standard InChI is InChI=1S/C24H35N5O4/c1-3-4-11-27-24(31)28(2)22-18-7-8-19(22)14-29(13-18)15-21(33-23(26)30)16-32-20-9-5-17(12-25)6-10-20/h5-6,9-10,18-19,21-22H,3-4,7-8,11,13-16H2,1-2H3,(H2,26,30)(H,27,31)/t18?,19?,21-,22?/m0/s1. The van der Waals surface area contributed by atoms with Crippen molar-refractivity contribution < 1.29 is 19.1 Å². The summed E-state index contributed by atoms with van der Waals surface area (Å²) < 4.78 is 11.1. The first-order valence-corrected chi connectivity index (χ1v) is 11.7. The maximum atomic E-state index is 12.6. The van der Waals surface area contributed by atoms with Crippen LogP contribution in [0.25, 0.3) is 0 Å². The van der Waals surface area contributed by atoms with E-state index in [9.17, 15) is 9.59 Å². The monoisotopic (exact) mass is 457 g/mol. The van der Waals surface area contributed by atoms with Gasteiger partial charge >= 0.3 is 12.1 Å². The first-order chi connectivity index (χ1) is 15.9. The van der Waals surface area contributed by atoms with Crippen molar-refractivity contribution in [3.63, 3.8) is 0 Å². The molecule has 2 unspecified atom stereocenters. The van der Waals surface area contributed by atoms with Gasteiger partial charge in [-0.1, -0.05) is 13.3 Å². The van der Waals surface area contributed by atoms with Crippen LogP contribution in [0.4, 0.5) is 9.59 Å². The zero-order valence-corrected chi connectivity index (χ0v) is 19.5. The van der Waals surface area contributed by atoms with Gasteiger partial charge in [0.2, 0.25) is 0 Å². The van der Waals surface area contributed by atoms with E-state index in [1.807, 2.05) is 11.9 Å². The topological polar surface area (TPSA) is 121 Å². The fourth-order valence-electron chi connectivity index (χ4n) is 5.10. The largest absolute Gasteiger partial charge is 0.490 e. The number of piperidine rings is 1. The van der Waals surface area contributed by atoms with Crippen LogP contribution in [-0.2, 0) is 4.74 Å². The highest BCUT2D eigenvalue weighted by Gasteiger charge is 2.45. The number of carbonyl (C=O) groups excluding carboxylic acids is 2. The molecule has 2 fully saturated rings. The molecule has 1 aliphatic heterocycles. The SMILES string of the molecule is CCCCNC(=O)N(C)C1C2CCC1CN(C[C@@H](COc1ccc(C#N)cc1)OC(N)=O)C2. The van der Waals surface area contributed by atoms with E-state index in [4.69, 9.17) is 20.5 Å². The number of ether oxygens (including phenoxy) is 2. The third-order valence-corrected chi connectivity index (χ3v) is 6.60. The highest BCUT2D eigenvalue weighted by molar-refractivity contribution is 5.74. The third-order valence-electron chi connectivity index (χ3n) is 6.60. The second-order valence-corrected chi connectivity index (χ2v) is 9.01. The summed E-state index contributed by atoms with van der Waals surface area (Å²) in [5.41, 5.74) is 5.85. The lowest BCUT2D eigenvalue weighted by molar-refractivity contribution is 0.0166. The summed E-state index contributed by atoms with van der Waals surface area (Å²) in [5.74, 6) is 1.38. The Morgan fingerprint density at radius 1 is 1.27 bits per heavy atom. The summed E-state index contributed by atoms with van der Waals surface area (Å²) in [6.45, 7) is 5.18. The molecule has 3 atom stereocenters. The number of rotatable bonds is 10. The minimum absolute atomic E-state index is 0.00422. The van der Waals surface area contributed by atoms with E-state index in [1.165, 1.54) is 0 Å². The molecule has 2 bridgehead atoms. The normalized spacial score (nSPS) is 22.8. The lowest BCUT2D eigenvalue weighted by Crippen LogP contribution is -2.56. The number of amides is 3. The van der Waals surface area contributed by atoms with Crippen molar-refractivity contribution >= 4 is 12.1 Å². The first-order valence-electron chi connectivity index (χ1n) is 11.7. The molecule has 3 rings (SSSR count). The zero-order valence-electron chi connectivity index (χ0n) is 19.5. The number of benzene rings is 1. The average Bonchev–Trinajstić information content (AvgIpc) is 3.07. The summed E-state index contributed by atoms with van der Waals surface area (Å²) in [6.07, 6.45) is 2.87. The van der Waals surface area contributed by atoms with Crippen molar-refractivity contribution in [2.45, 2.75) is 44.8 Å². The summed E-state index contributed by atoms with van der Waals surface area (Å²) in [7, 11) is 1.90. The number of unbranched alkanes of at least 4 members (excludes halogenated alkanes) is 1. The predicted octanol–water partition coefficient (Wildman–Crippen LogP) is 2.55. The molecule has 1 saturated carbocycles. The molecule has 1 aromatic carbocycles. The van der Waals surface area contributed by atoms with E-state index < -0.39 is 12.2 Å². The highest BCUT2D eigenvalue weighted by atomic mass is 16.6. The van der Waals surface area contributed by atoms with Crippen molar-refractivity contribution in [1.82, 2.24) is 15.1 Å². The minimum Gasteiger partial charge on any atom is -0.490 e. The quantitative estimate of drug-likeness (QED) is 0.521. The molecule has 0 spiro atoms. The molecule has 9 nitrogen and oxygen atoms in total. The second-order valence-electron chi connectivity index (χ2n) is 9.01. The molecule has 1 saturated heterocycles. The number of nitrogens with zero attached hydrogens (tertiary/aromatic N) is 3. The number of carbonyl (C=O) groups is 2. The van der Waals surface area contributed by atoms with Gasteiger partial charge in [-0.05, 0) is 55.4 Å². The van der Waals surface area contributed by atoms with Crippen LogP contribution in [0.5, 0.6) is 5.75 Å². The summed E-state index contributed by atoms with van der Waals surface area (Å²) >= 11 is 0. The molecule has 0 radical (unpaired) electrons. The molecule has 3 N–H and O–H groups in total. The molecule has 9 heteroatoms. The fourth-order valence-corrected chi connectivity index (χ4v) is 5.10. The number of hydrogen-bond donors (Lipinski definition) is 2. The Labute approximate surface area is 195 Å². The number of nitriles is 1. The number of fused-ring (bicyclic) bond motifs is 2. The molecule has 180 valence electrons. The maximum absolute atomic E-state index is 12.6. The molecular formula is C24H35N5O4. The molecule has 1 heterocycles. The number of primary amides is 1. The number of nitrogens with two attached hydrogens (primary N) is 1. The molecule has 0 aromatic heterocycles. The Balaban J connectivity index is 1.55. The summed E-state index contributed by atoms with van der Waals surface area (Å²) in [6, 6.07) is 9.09. The van der Waals surface area contributed by atoms with Crippen LogP contribution < -0.4 is 15.8 Å². The van der Waals surface area contributed by atoms with Gasteiger partial charge < -0.3 is 25.4 Å². The van der Waals surface area contributed by atoms with Crippen LogP contribution in [-0.4, -0.2) is 73.9 Å². The van der Waals surface area contributed by atoms with E-state index in [0.717, 1.165) is 38.8 Å². The van der Waals surface area contributed by atoms with Crippen LogP contribution >= 0.6 is 0 Å². The number of nitrogens with one attached hydrogen (secondary N) is 1. The highest BCUT2D eigenvalue weighted by Crippen LogP contribution is 2.39. The number of urea groups is 1. The zero-order chi connectivity index (χ0) is 23.8. The molecule has 3 amide bonds. The first kappa shape index (κ1) is 24.6. The van der Waals surface area contributed by atoms with Crippen molar-refractivity contribution in [3.05, 3.63) is 29.8 Å². The van der Waals surface area contributed by atoms with Crippen molar-refractivity contribution in [3.8, 4) is 11.8 Å². The van der Waals surface area contributed by atoms with Gasteiger partial charge in [0.15, 0.2) is 6.10 Å². The van der Waals surface area contributed by atoms with Gasteiger partial charge in [-0.15, -0.1) is 0 Å². The molecular weight excluding hydrogens is 422 g/mol. The van der Waals surface area contributed by atoms with Crippen molar-refractivity contribution in [1.29, 1.82) is 5.26 Å². The predicted molar refractivity (Wildman–Crippen MR) is 124 cm³/mol. The van der Waals surface area contributed by atoms with Crippen LogP contribution in [0, 0.1) is 23.2 Å². The van der Waals surface area contributed by atoms with Crippen LogP contribution in [0.2, 0.25) is 0 Å². The Hall–Kier alpha value is -2.99. The van der Waals surface area contributed by atoms with Gasteiger partial charge in [-0.25, -0.2) is 9.59 Å². The van der Waals surface area contributed by atoms with Crippen molar-refractivity contribution in [2.75, 3.05) is 39.8 Å². The van der Waals surface area contributed by atoms with E-state index >= 15 is 0 Å². The van der Waals surface area contributed by atoms with Crippen LogP contribution in [0.1, 0.15) is 38.2 Å². The molecule has 1 aromatic rings. The van der Waals surface area contributed by atoms with Gasteiger partial charge in [-0.3, -0.25) is 4.90 Å². The van der Waals surface area contributed by atoms with E-state index in [-0.39, 0.29) is 18.7 Å². The Morgan fingerprint density at radius 2 is 1.94 bits per heavy atom. The van der Waals surface area contributed by atoms with Gasteiger partial charge in [0.05, 0.1) is 11.6 Å². The van der Waals surface area contributed by atoms with Gasteiger partial charge in [0.1, 0.15) is 12.4 Å². The molecule has 33 heavy (non-hydrogen) atoms. The lowest BCUT2D eigenvalue weighted by Gasteiger charge is -2.43. The number of hydrogen-bond acceptors (Lipinski definition) is 6. The van der Waals surface area contributed by atoms with Gasteiger partial charge in [-0.2, -0.15) is 5.26 Å². The van der Waals surface area contributed by atoms with E-state index in [2.05, 4.69) is 23.2 Å². The molecule has 2 aliphatic rings. The van der Waals surface area contributed by atoms with E-state index in [1.54, 1.807) is 24.3 Å². The Bertz CT molecular complexity index is 826. The van der Waals surface area contributed by atoms with E-state index in [0.29, 0.717) is 36.2 Å². The van der Waals surface area contributed by atoms with Crippen LogP contribution in [0.3, 0.4) is 0 Å². The Kier molecular flexibility index (Phi) is 8.78. The maximum Gasteiger partial charge on any atom is 0.404 e. The number of likely N-dealkylation sites (tertiary alicyclic amines) is 1. The smallest absolute Gasteiger partial charge is 0.404 e. The summed E-state index contributed by atoms with van der Waals surface area (Å²) in [4.78, 5) is 28.2. The lowest BCUT2D eigenvalue weighted by atomic mass is 9.91. The van der Waals surface area contributed by atoms with Crippen LogP contribution in [0.15, 0.2) is 24.3 Å². The summed E-state index contributed by atoms with van der Waals surface area (Å²) in [5, 5.41) is 11.9. The fraction of sp³-hybridized carbons (Fsp3) is 0.625. The second kappa shape index (κ2) is 11.8. The minimum atomic E-state index is -0.829. The Morgan fingerprint density at radius 3 is 2.52 bits per heavy atom.